The summed E-state index contributed by atoms with van der Waals surface area (Å²) >= 11 is 4.90. The van der Waals surface area contributed by atoms with Crippen LogP contribution >= 0.6 is 12.2 Å². The molecule has 0 fully saturated rings. The number of benzene rings is 2. The number of hydrazine groups is 1. The van der Waals surface area contributed by atoms with Gasteiger partial charge in [-0.2, -0.15) is 0 Å². The first-order chi connectivity index (χ1) is 11.5. The molecular weight excluding hydrogens is 326 g/mol. The minimum Gasteiger partial charge on any atom is -0.484 e. The zero-order valence-corrected chi connectivity index (χ0v) is 14.3. The van der Waals surface area contributed by atoms with Crippen molar-refractivity contribution in [2.75, 3.05) is 6.61 Å². The molecule has 0 spiro atoms. The van der Waals surface area contributed by atoms with Crippen molar-refractivity contribution in [2.24, 2.45) is 5.92 Å². The van der Waals surface area contributed by atoms with Crippen molar-refractivity contribution in [3.63, 3.8) is 0 Å². The Morgan fingerprint density at radius 1 is 1.08 bits per heavy atom. The molecule has 0 radical (unpaired) electrons. The van der Waals surface area contributed by atoms with E-state index in [9.17, 15) is 9.59 Å². The zero-order valence-electron chi connectivity index (χ0n) is 13.5. The van der Waals surface area contributed by atoms with Crippen LogP contribution in [0.3, 0.4) is 0 Å². The summed E-state index contributed by atoms with van der Waals surface area (Å²) in [5.41, 5.74) is 4.82. The second-order valence-corrected chi connectivity index (χ2v) is 5.85. The highest BCUT2D eigenvalue weighted by Gasteiger charge is 2.09. The van der Waals surface area contributed by atoms with Crippen LogP contribution < -0.4 is 20.9 Å². The maximum absolute atomic E-state index is 11.7. The summed E-state index contributed by atoms with van der Waals surface area (Å²) in [5.74, 6) is -0.241. The molecule has 0 saturated heterocycles. The monoisotopic (exact) mass is 345 g/mol. The molecular formula is C17H19N3O3S. The summed E-state index contributed by atoms with van der Waals surface area (Å²) in [6, 6.07) is 13.5. The van der Waals surface area contributed by atoms with Crippen molar-refractivity contribution < 1.29 is 14.3 Å². The Morgan fingerprint density at radius 3 is 2.50 bits per heavy atom. The van der Waals surface area contributed by atoms with E-state index in [1.807, 2.05) is 36.4 Å². The SMILES string of the molecule is CC(C)C(=O)NC(=S)NNC(=O)COc1ccc2ccccc2c1. The third-order valence-electron chi connectivity index (χ3n) is 3.17. The maximum atomic E-state index is 11.7. The van der Waals surface area contributed by atoms with Gasteiger partial charge >= 0.3 is 0 Å². The Labute approximate surface area is 145 Å². The quantitative estimate of drug-likeness (QED) is 0.583. The molecule has 0 aliphatic rings. The number of amides is 2. The molecule has 0 heterocycles. The second-order valence-electron chi connectivity index (χ2n) is 5.44. The van der Waals surface area contributed by atoms with Gasteiger partial charge in [0.25, 0.3) is 5.91 Å². The lowest BCUT2D eigenvalue weighted by molar-refractivity contribution is -0.124. The number of ether oxygens (including phenoxy) is 1. The highest BCUT2D eigenvalue weighted by Crippen LogP contribution is 2.20. The van der Waals surface area contributed by atoms with Crippen LogP contribution in [0.4, 0.5) is 0 Å². The maximum Gasteiger partial charge on any atom is 0.276 e. The van der Waals surface area contributed by atoms with Crippen LogP contribution in [0.5, 0.6) is 5.75 Å². The Morgan fingerprint density at radius 2 is 1.79 bits per heavy atom. The van der Waals surface area contributed by atoms with Crippen molar-refractivity contribution in [3.8, 4) is 5.75 Å². The van der Waals surface area contributed by atoms with Gasteiger partial charge in [-0.3, -0.25) is 20.4 Å². The third-order valence-corrected chi connectivity index (χ3v) is 3.37. The molecule has 0 atom stereocenters. The van der Waals surface area contributed by atoms with Gasteiger partial charge in [0.1, 0.15) is 5.75 Å². The van der Waals surface area contributed by atoms with Crippen molar-refractivity contribution >= 4 is 39.9 Å². The Balaban J connectivity index is 1.78. The van der Waals surface area contributed by atoms with E-state index in [2.05, 4.69) is 16.2 Å². The number of hydrogen-bond donors (Lipinski definition) is 3. The predicted molar refractivity (Wildman–Crippen MR) is 96.3 cm³/mol. The number of fused-ring (bicyclic) bond motifs is 1. The lowest BCUT2D eigenvalue weighted by Crippen LogP contribution is -2.50. The van der Waals surface area contributed by atoms with Crippen LogP contribution in [0, 0.1) is 5.92 Å². The predicted octanol–water partition coefficient (Wildman–Crippen LogP) is 1.90. The standard InChI is InChI=1S/C17H19N3O3S/c1-11(2)16(22)18-17(24)20-19-15(21)10-23-14-8-7-12-5-3-4-6-13(12)9-14/h3-9,11H,10H2,1-2H3,(H,19,21)(H2,18,20,22,24). The van der Waals surface area contributed by atoms with Gasteiger partial charge in [0.2, 0.25) is 5.91 Å². The summed E-state index contributed by atoms with van der Waals surface area (Å²) < 4.78 is 5.44. The first-order valence-electron chi connectivity index (χ1n) is 7.47. The molecule has 7 heteroatoms. The third kappa shape index (κ3) is 5.20. The van der Waals surface area contributed by atoms with E-state index in [4.69, 9.17) is 17.0 Å². The molecule has 0 aliphatic heterocycles. The number of thiocarbonyl (C=S) groups is 1. The van der Waals surface area contributed by atoms with E-state index < -0.39 is 5.91 Å². The van der Waals surface area contributed by atoms with E-state index in [0.717, 1.165) is 10.8 Å². The van der Waals surface area contributed by atoms with Crippen molar-refractivity contribution in [3.05, 3.63) is 42.5 Å². The van der Waals surface area contributed by atoms with Crippen LogP contribution in [0.15, 0.2) is 42.5 Å². The fraction of sp³-hybridized carbons (Fsp3) is 0.235. The molecule has 2 aromatic carbocycles. The lowest BCUT2D eigenvalue weighted by atomic mass is 10.1. The molecule has 6 nitrogen and oxygen atoms in total. The summed E-state index contributed by atoms with van der Waals surface area (Å²) in [5, 5.41) is 4.62. The molecule has 0 aliphatic carbocycles. The molecule has 2 amide bonds. The first kappa shape index (κ1) is 17.7. The van der Waals surface area contributed by atoms with E-state index in [-0.39, 0.29) is 23.5 Å². The summed E-state index contributed by atoms with van der Waals surface area (Å²) in [6.45, 7) is 3.31. The topological polar surface area (TPSA) is 79.5 Å². The summed E-state index contributed by atoms with van der Waals surface area (Å²) in [4.78, 5) is 23.2. The van der Waals surface area contributed by atoms with E-state index in [1.54, 1.807) is 19.9 Å². The average Bonchev–Trinajstić information content (AvgIpc) is 2.57. The second kappa shape index (κ2) is 8.26. The molecule has 24 heavy (non-hydrogen) atoms. The van der Waals surface area contributed by atoms with Gasteiger partial charge in [0, 0.05) is 5.92 Å². The number of carbonyl (C=O) groups excluding carboxylic acids is 2. The van der Waals surface area contributed by atoms with Crippen LogP contribution in [-0.4, -0.2) is 23.5 Å². The van der Waals surface area contributed by atoms with Crippen molar-refractivity contribution in [1.82, 2.24) is 16.2 Å². The molecule has 0 aromatic heterocycles. The van der Waals surface area contributed by atoms with E-state index in [1.165, 1.54) is 0 Å². The van der Waals surface area contributed by atoms with Gasteiger partial charge in [-0.05, 0) is 35.1 Å². The fourth-order valence-corrected chi connectivity index (χ4v) is 2.01. The minimum absolute atomic E-state index is 0.0350. The van der Waals surface area contributed by atoms with Crippen LogP contribution in [0.1, 0.15) is 13.8 Å². The number of carbonyl (C=O) groups is 2. The molecule has 126 valence electrons. The van der Waals surface area contributed by atoms with Gasteiger partial charge in [0.05, 0.1) is 0 Å². The van der Waals surface area contributed by atoms with Crippen molar-refractivity contribution in [1.29, 1.82) is 0 Å². The smallest absolute Gasteiger partial charge is 0.276 e. The molecule has 2 aromatic rings. The zero-order chi connectivity index (χ0) is 17.5. The van der Waals surface area contributed by atoms with Crippen LogP contribution in [0.25, 0.3) is 10.8 Å². The molecule has 0 bridgehead atoms. The van der Waals surface area contributed by atoms with Gasteiger partial charge in [-0.1, -0.05) is 44.2 Å². The minimum atomic E-state index is -0.413. The van der Waals surface area contributed by atoms with Crippen LogP contribution in [0.2, 0.25) is 0 Å². The highest BCUT2D eigenvalue weighted by molar-refractivity contribution is 7.80. The molecule has 0 unspecified atom stereocenters. The normalized spacial score (nSPS) is 10.3. The Bertz CT molecular complexity index is 762. The summed E-state index contributed by atoms with van der Waals surface area (Å²) in [6.07, 6.45) is 0. The average molecular weight is 345 g/mol. The van der Waals surface area contributed by atoms with Gasteiger partial charge in [0.15, 0.2) is 11.7 Å². The number of rotatable bonds is 4. The highest BCUT2D eigenvalue weighted by atomic mass is 32.1. The molecule has 2 rings (SSSR count). The largest absolute Gasteiger partial charge is 0.484 e. The van der Waals surface area contributed by atoms with Crippen molar-refractivity contribution in [2.45, 2.75) is 13.8 Å². The molecule has 3 N–H and O–H groups in total. The summed E-state index contributed by atoms with van der Waals surface area (Å²) in [7, 11) is 0. The van der Waals surface area contributed by atoms with Gasteiger partial charge in [-0.25, -0.2) is 0 Å². The molecule has 0 saturated carbocycles. The number of hydrogen-bond acceptors (Lipinski definition) is 4. The lowest BCUT2D eigenvalue weighted by Gasteiger charge is -2.12. The van der Waals surface area contributed by atoms with Gasteiger partial charge < -0.3 is 10.1 Å². The van der Waals surface area contributed by atoms with E-state index in [0.29, 0.717) is 5.75 Å². The Hall–Kier alpha value is -2.67. The van der Waals surface area contributed by atoms with E-state index >= 15 is 0 Å². The first-order valence-corrected chi connectivity index (χ1v) is 7.88. The number of nitrogens with one attached hydrogen (secondary N) is 3. The van der Waals surface area contributed by atoms with Gasteiger partial charge in [-0.15, -0.1) is 0 Å². The van der Waals surface area contributed by atoms with Crippen LogP contribution in [-0.2, 0) is 9.59 Å². The Kier molecular flexibility index (Phi) is 6.08. The fourth-order valence-electron chi connectivity index (χ4n) is 1.86.